The number of hydrogen-bond acceptors (Lipinski definition) is 10. The van der Waals surface area contributed by atoms with E-state index in [9.17, 15) is 57.8 Å². The summed E-state index contributed by atoms with van der Waals surface area (Å²) in [4.78, 5) is 117. The number of aliphatic carboxylic acids is 2. The third kappa shape index (κ3) is 19.4. The van der Waals surface area contributed by atoms with E-state index in [1.807, 2.05) is 51.1 Å². The van der Waals surface area contributed by atoms with Crippen molar-refractivity contribution in [1.29, 1.82) is 0 Å². The quantitative estimate of drug-likeness (QED) is 0.0464. The smallest absolute Gasteiger partial charge is 0.326 e. The van der Waals surface area contributed by atoms with Crippen molar-refractivity contribution in [2.45, 2.75) is 142 Å². The Morgan fingerprint density at radius 1 is 0.753 bits per heavy atom. The van der Waals surface area contributed by atoms with Gasteiger partial charge in [0.2, 0.25) is 41.4 Å². The van der Waals surface area contributed by atoms with E-state index in [0.717, 1.165) is 23.8 Å². The second kappa shape index (κ2) is 28.1. The number of benzene rings is 2. The summed E-state index contributed by atoms with van der Waals surface area (Å²) in [5.74, 6) is -9.90. The molecule has 73 heavy (non-hydrogen) atoms. The summed E-state index contributed by atoms with van der Waals surface area (Å²) in [7, 11) is 0. The molecule has 20 nitrogen and oxygen atoms in total. The van der Waals surface area contributed by atoms with Crippen molar-refractivity contribution in [2.75, 3.05) is 19.7 Å². The number of aliphatic hydroxyl groups excluding tert-OH is 1. The average Bonchev–Trinajstić information content (AvgIpc) is 3.72. The number of nitrogens with two attached hydrogens (primary N) is 1. The standard InChI is InChI=1S/C51H70F2N8O12/c1-7-51(6,8-2)59-43(66)16-12-15-41(64)57-38(27-40(54)63)48(71)58-36(47(70)55-23-21-42(65)56-37(49(72)73)19-20-45(68)69)22-24-61(44(67)30-62)46(50(3,4)5)39-25-32(34-26-33(52)17-18-35(34)53)29-60(39)28-31-13-10-9-11-14-31/h9-11,13-14,17-18,25-26,29,36-38,46,62H,7-8,12,15-16,19-24,27-28,30H2,1-6H3,(H2,54,63)(H,55,70)(H,56,65)(H,57,64)(H,58,71)(H,59,66)(H,68,69)(H,72,73)/t36-,37+,38-,46-/m0/s1. The second-order valence-electron chi connectivity index (χ2n) is 19.1. The molecule has 4 atom stereocenters. The van der Waals surface area contributed by atoms with Crippen molar-refractivity contribution < 1.29 is 67.3 Å². The molecule has 1 heterocycles. The highest BCUT2D eigenvalue weighted by Gasteiger charge is 2.38. The Morgan fingerprint density at radius 2 is 1.38 bits per heavy atom. The Morgan fingerprint density at radius 3 is 1.97 bits per heavy atom. The van der Waals surface area contributed by atoms with Crippen LogP contribution in [0.3, 0.4) is 0 Å². The molecule has 0 spiro atoms. The highest BCUT2D eigenvalue weighted by atomic mass is 19.1. The van der Waals surface area contributed by atoms with Crippen molar-refractivity contribution in [3.63, 3.8) is 0 Å². The van der Waals surface area contributed by atoms with Crippen LogP contribution in [-0.2, 0) is 49.7 Å². The van der Waals surface area contributed by atoms with E-state index in [-0.39, 0.29) is 49.4 Å². The van der Waals surface area contributed by atoms with Gasteiger partial charge in [-0.3, -0.25) is 38.4 Å². The Kier molecular flexibility index (Phi) is 23.1. The van der Waals surface area contributed by atoms with Crippen LogP contribution in [0.2, 0.25) is 0 Å². The Bertz CT molecular complexity index is 2420. The van der Waals surface area contributed by atoms with Gasteiger partial charge in [-0.05, 0) is 74.3 Å². The number of amides is 7. The maximum atomic E-state index is 15.3. The summed E-state index contributed by atoms with van der Waals surface area (Å²) in [6.45, 7) is 9.48. The molecule has 0 fully saturated rings. The number of carboxylic acids is 2. The number of carbonyl (C=O) groups excluding carboxylic acids is 7. The predicted molar refractivity (Wildman–Crippen MR) is 264 cm³/mol. The number of halogens is 2. The number of aliphatic hydroxyl groups is 1. The highest BCUT2D eigenvalue weighted by molar-refractivity contribution is 5.95. The molecule has 0 unspecified atom stereocenters. The zero-order valence-electron chi connectivity index (χ0n) is 42.2. The second-order valence-corrected chi connectivity index (χ2v) is 19.1. The van der Waals surface area contributed by atoms with Crippen molar-refractivity contribution >= 4 is 53.3 Å². The van der Waals surface area contributed by atoms with E-state index >= 15 is 4.39 Å². The van der Waals surface area contributed by atoms with Gasteiger partial charge in [-0.1, -0.05) is 65.0 Å². The van der Waals surface area contributed by atoms with Crippen LogP contribution in [0.1, 0.15) is 123 Å². The van der Waals surface area contributed by atoms with Crippen LogP contribution < -0.4 is 32.3 Å². The first-order valence-electron chi connectivity index (χ1n) is 24.1. The lowest BCUT2D eigenvalue weighted by molar-refractivity contribution is -0.143. The lowest BCUT2D eigenvalue weighted by Crippen LogP contribution is -2.56. The molecule has 7 amide bonds. The lowest BCUT2D eigenvalue weighted by Gasteiger charge is -2.41. The van der Waals surface area contributed by atoms with Gasteiger partial charge >= 0.3 is 11.9 Å². The zero-order chi connectivity index (χ0) is 54.6. The van der Waals surface area contributed by atoms with Gasteiger partial charge in [-0.2, -0.15) is 0 Å². The van der Waals surface area contributed by atoms with Gasteiger partial charge in [-0.25, -0.2) is 13.6 Å². The normalized spacial score (nSPS) is 13.1. The molecule has 0 aliphatic carbocycles. The summed E-state index contributed by atoms with van der Waals surface area (Å²) >= 11 is 0. The molecule has 0 saturated carbocycles. The van der Waals surface area contributed by atoms with Crippen molar-refractivity contribution in [1.82, 2.24) is 36.1 Å². The molecule has 0 radical (unpaired) electrons. The third-order valence-corrected chi connectivity index (χ3v) is 12.3. The van der Waals surface area contributed by atoms with Crippen LogP contribution in [0.25, 0.3) is 11.1 Å². The number of primary amides is 1. The minimum Gasteiger partial charge on any atom is -0.481 e. The molecule has 3 aromatic rings. The number of aromatic nitrogens is 1. The number of carbonyl (C=O) groups is 9. The highest BCUT2D eigenvalue weighted by Crippen LogP contribution is 2.41. The summed E-state index contributed by atoms with van der Waals surface area (Å²) in [6, 6.07) is 7.94. The van der Waals surface area contributed by atoms with Crippen LogP contribution in [-0.4, -0.2) is 121 Å². The largest absolute Gasteiger partial charge is 0.481 e. The van der Waals surface area contributed by atoms with Gasteiger partial charge in [-0.15, -0.1) is 0 Å². The predicted octanol–water partition coefficient (Wildman–Crippen LogP) is 3.43. The van der Waals surface area contributed by atoms with Gasteiger partial charge in [0.25, 0.3) is 0 Å². The monoisotopic (exact) mass is 1020 g/mol. The van der Waals surface area contributed by atoms with Gasteiger partial charge in [0, 0.05) is 73.9 Å². The maximum absolute atomic E-state index is 15.3. The van der Waals surface area contributed by atoms with Crippen molar-refractivity contribution in [2.24, 2.45) is 11.1 Å². The van der Waals surface area contributed by atoms with E-state index in [1.54, 1.807) is 37.6 Å². The Balaban J connectivity index is 2.02. The fourth-order valence-electron chi connectivity index (χ4n) is 8.04. The summed E-state index contributed by atoms with van der Waals surface area (Å²) < 4.78 is 31.7. The van der Waals surface area contributed by atoms with Crippen molar-refractivity contribution in [3.8, 4) is 11.1 Å². The average molecular weight is 1030 g/mol. The summed E-state index contributed by atoms with van der Waals surface area (Å²) in [5.41, 5.74) is 5.56. The number of nitrogens with zero attached hydrogens (tertiary/aromatic N) is 2. The fraction of sp³-hybridized carbons (Fsp3) is 0.510. The van der Waals surface area contributed by atoms with Crippen LogP contribution in [0.15, 0.2) is 60.8 Å². The molecule has 3 rings (SSSR count). The first kappa shape index (κ1) is 60.1. The van der Waals surface area contributed by atoms with Crippen LogP contribution in [0.5, 0.6) is 0 Å². The Hall–Kier alpha value is -7.23. The molecular weight excluding hydrogens is 955 g/mol. The first-order valence-corrected chi connectivity index (χ1v) is 24.1. The number of nitrogens with one attached hydrogen (secondary N) is 5. The van der Waals surface area contributed by atoms with Gasteiger partial charge in [0.15, 0.2) is 0 Å². The topological polar surface area (TPSA) is 309 Å². The first-order chi connectivity index (χ1) is 34.3. The van der Waals surface area contributed by atoms with E-state index in [2.05, 4.69) is 26.6 Å². The number of carboxylic acid groups (broad SMARTS) is 2. The van der Waals surface area contributed by atoms with Gasteiger partial charge < -0.3 is 57.1 Å². The lowest BCUT2D eigenvalue weighted by atomic mass is 9.82. The zero-order valence-corrected chi connectivity index (χ0v) is 42.2. The van der Waals surface area contributed by atoms with E-state index in [4.69, 9.17) is 10.8 Å². The molecule has 0 aliphatic heterocycles. The SMILES string of the molecule is CCC(C)(CC)NC(=O)CCCC(=O)N[C@@H](CC(N)=O)C(=O)N[C@@H](CCN(C(=O)CO)[C@@H](c1cc(-c2cc(F)ccc2F)cn1Cc1ccccc1)C(C)(C)C)C(=O)NCCC(=O)N[C@H](CCC(=O)O)C(=O)O. The molecule has 0 aliphatic rings. The fourth-order valence-corrected chi connectivity index (χ4v) is 8.04. The third-order valence-electron chi connectivity index (χ3n) is 12.3. The molecule has 0 saturated heterocycles. The van der Waals surface area contributed by atoms with Crippen LogP contribution >= 0.6 is 0 Å². The molecule has 2 aromatic carbocycles. The maximum Gasteiger partial charge on any atom is 0.326 e. The molecule has 1 aromatic heterocycles. The molecular formula is C51H70F2N8O12. The van der Waals surface area contributed by atoms with Crippen LogP contribution in [0.4, 0.5) is 8.78 Å². The molecule has 10 N–H and O–H groups in total. The number of rotatable bonds is 30. The minimum atomic E-state index is -1.64. The van der Waals surface area contributed by atoms with E-state index < -0.39 is 139 Å². The van der Waals surface area contributed by atoms with Crippen molar-refractivity contribution in [3.05, 3.63) is 83.7 Å². The minimum absolute atomic E-state index is 0.0200. The van der Waals surface area contributed by atoms with E-state index in [1.165, 1.54) is 4.90 Å². The van der Waals surface area contributed by atoms with Gasteiger partial charge in [0.1, 0.15) is 36.4 Å². The number of hydrogen-bond donors (Lipinski definition) is 9. The molecule has 0 bridgehead atoms. The summed E-state index contributed by atoms with van der Waals surface area (Å²) in [6.07, 6.45) is 0.152. The molecule has 22 heteroatoms. The van der Waals surface area contributed by atoms with Crippen LogP contribution in [0, 0.1) is 17.0 Å². The van der Waals surface area contributed by atoms with E-state index in [0.29, 0.717) is 18.5 Å². The van der Waals surface area contributed by atoms with Gasteiger partial charge in [0.05, 0.1) is 12.5 Å². The summed E-state index contributed by atoms with van der Waals surface area (Å²) in [5, 5.41) is 41.5. The molecule has 400 valence electrons. The Labute approximate surface area is 423 Å².